The number of aromatic nitrogens is 2. The lowest BCUT2D eigenvalue weighted by Crippen LogP contribution is -2.24. The summed E-state index contributed by atoms with van der Waals surface area (Å²) in [5.74, 6) is -1.64. The molecule has 19 heteroatoms. The number of alkyl halides is 3. The van der Waals surface area contributed by atoms with Gasteiger partial charge in [-0.2, -0.15) is 18.2 Å². The van der Waals surface area contributed by atoms with Gasteiger partial charge in [-0.05, 0) is 48.5 Å². The normalized spacial score (nSPS) is 10.0. The first-order chi connectivity index (χ1) is 18.5. The van der Waals surface area contributed by atoms with Crippen molar-refractivity contribution in [3.63, 3.8) is 0 Å². The van der Waals surface area contributed by atoms with Crippen LogP contribution in [0.15, 0.2) is 63.5 Å². The molecule has 3 aromatic rings. The molecule has 0 spiro atoms. The highest BCUT2D eigenvalue weighted by atomic mass is 35.5. The zero-order valence-corrected chi connectivity index (χ0v) is 21.8. The van der Waals surface area contributed by atoms with E-state index in [0.29, 0.717) is 10.7 Å². The summed E-state index contributed by atoms with van der Waals surface area (Å²) >= 11 is 11.2. The minimum absolute atomic E-state index is 0.0484. The predicted octanol–water partition coefficient (Wildman–Crippen LogP) is 1.56. The number of halogens is 5. The third-order valence-corrected chi connectivity index (χ3v) is 4.41. The van der Waals surface area contributed by atoms with E-state index in [2.05, 4.69) is 24.9 Å². The number of carbonyl (C=O) groups is 1. The Morgan fingerprint density at radius 2 is 1.15 bits per heavy atom. The number of anilines is 2. The van der Waals surface area contributed by atoms with Gasteiger partial charge in [0.2, 0.25) is 0 Å². The van der Waals surface area contributed by atoms with E-state index in [1.807, 2.05) is 0 Å². The molecule has 1 aromatic heterocycles. The lowest BCUT2D eigenvalue weighted by Gasteiger charge is -2.05. The van der Waals surface area contributed by atoms with Gasteiger partial charge >= 0.3 is 12.1 Å². The van der Waals surface area contributed by atoms with E-state index in [9.17, 15) is 18.0 Å². The molecule has 0 atom stereocenters. The number of rotatable bonds is 3. The average molecular weight is 602 g/mol. The van der Waals surface area contributed by atoms with Crippen LogP contribution in [-0.2, 0) is 6.18 Å². The molecule has 214 valence electrons. The third kappa shape index (κ3) is 12.0. The Morgan fingerprint density at radius 3 is 1.55 bits per heavy atom. The second kappa shape index (κ2) is 14.8. The molecule has 0 saturated heterocycles. The van der Waals surface area contributed by atoms with Crippen LogP contribution in [0.25, 0.3) is 0 Å². The van der Waals surface area contributed by atoms with E-state index in [1.54, 1.807) is 24.3 Å². The summed E-state index contributed by atoms with van der Waals surface area (Å²) in [7, 11) is 0. The Hall–Kier alpha value is -5.03. The summed E-state index contributed by atoms with van der Waals surface area (Å²) in [6, 6.07) is 11.2. The van der Waals surface area contributed by atoms with Crippen LogP contribution in [0.4, 0.5) is 36.2 Å². The first-order valence-electron chi connectivity index (χ1n) is 10.3. The van der Waals surface area contributed by atoms with Gasteiger partial charge in [-0.15, -0.1) is 0 Å². The zero-order valence-electron chi connectivity index (χ0n) is 20.3. The van der Waals surface area contributed by atoms with E-state index in [4.69, 9.17) is 69.1 Å². The minimum Gasteiger partial charge on any atom is -0.382 e. The second-order valence-corrected chi connectivity index (χ2v) is 7.86. The smallest absolute Gasteiger partial charge is 0.382 e. The standard InChI is InChI=1S/C8H8F3N3.C7H8ClN3.C6H8ClN7O/c9-8(10,11)5-1-3-6(4-2-5)14-7(12)13;8-5-1-3-6(4-2-5)11-7(9)10;7-2-4(9)13-3(8)1(12-2)5(15)14-6(10)11/h1-4H,(H4,12,13,14);1-4H,(H4,9,10,11);(H4,8,9,13)(H4,10,11,14,15). The average Bonchev–Trinajstić information content (AvgIpc) is 2.82. The number of nitrogens with zero attached hydrogens (tertiary/aromatic N) is 5. The van der Waals surface area contributed by atoms with E-state index in [-0.39, 0.29) is 40.1 Å². The van der Waals surface area contributed by atoms with Gasteiger partial charge in [-0.25, -0.2) is 20.0 Å². The number of amides is 1. The Kier molecular flexibility index (Phi) is 12.2. The maximum absolute atomic E-state index is 12.1. The molecule has 0 aliphatic rings. The second-order valence-electron chi connectivity index (χ2n) is 7.07. The van der Waals surface area contributed by atoms with Crippen molar-refractivity contribution in [2.45, 2.75) is 6.18 Å². The fraction of sp³-hybridized carbons (Fsp3) is 0.0476. The first-order valence-corrected chi connectivity index (χ1v) is 11.1. The fourth-order valence-corrected chi connectivity index (χ4v) is 2.56. The predicted molar refractivity (Wildman–Crippen MR) is 150 cm³/mol. The summed E-state index contributed by atoms with van der Waals surface area (Å²) in [5.41, 5.74) is 41.1. The molecule has 0 saturated carbocycles. The van der Waals surface area contributed by atoms with E-state index in [1.165, 1.54) is 12.1 Å². The molecule has 0 unspecified atom stereocenters. The Bertz CT molecular complexity index is 1380. The molecule has 40 heavy (non-hydrogen) atoms. The van der Waals surface area contributed by atoms with Crippen LogP contribution >= 0.6 is 23.2 Å². The molecule has 2 aromatic carbocycles. The summed E-state index contributed by atoms with van der Waals surface area (Å²) in [4.78, 5) is 29.1. The minimum atomic E-state index is -4.34. The molecule has 16 N–H and O–H groups in total. The third-order valence-electron chi connectivity index (χ3n) is 3.88. The highest BCUT2D eigenvalue weighted by molar-refractivity contribution is 6.31. The van der Waals surface area contributed by atoms with Gasteiger partial charge in [0.25, 0.3) is 0 Å². The lowest BCUT2D eigenvalue weighted by molar-refractivity contribution is -0.137. The highest BCUT2D eigenvalue weighted by Crippen LogP contribution is 2.30. The van der Waals surface area contributed by atoms with Crippen molar-refractivity contribution in [3.05, 3.63) is 70.0 Å². The fourth-order valence-electron chi connectivity index (χ4n) is 2.31. The molecule has 1 heterocycles. The molecule has 1 amide bonds. The number of benzene rings is 2. The van der Waals surface area contributed by atoms with Gasteiger partial charge < -0.3 is 45.9 Å². The molecular weight excluding hydrogens is 578 g/mol. The van der Waals surface area contributed by atoms with Crippen molar-refractivity contribution in [2.75, 3.05) is 11.5 Å². The lowest BCUT2D eigenvalue weighted by atomic mass is 10.2. The maximum atomic E-state index is 12.1. The van der Waals surface area contributed by atoms with Crippen molar-refractivity contribution in [3.8, 4) is 0 Å². The Labute approximate surface area is 234 Å². The molecular formula is C21H24Cl2F3N13O. The monoisotopic (exact) mass is 601 g/mol. The topological polar surface area (TPSA) is 288 Å². The van der Waals surface area contributed by atoms with Crippen molar-refractivity contribution < 1.29 is 18.0 Å². The van der Waals surface area contributed by atoms with Crippen LogP contribution < -0.4 is 45.9 Å². The molecule has 3 rings (SSSR count). The van der Waals surface area contributed by atoms with E-state index in [0.717, 1.165) is 12.1 Å². The number of nitrogens with two attached hydrogens (primary N) is 8. The molecule has 0 aliphatic heterocycles. The Morgan fingerprint density at radius 1 is 0.700 bits per heavy atom. The van der Waals surface area contributed by atoms with Crippen LogP contribution in [-0.4, -0.2) is 33.8 Å². The van der Waals surface area contributed by atoms with E-state index >= 15 is 0 Å². The van der Waals surface area contributed by atoms with Crippen molar-refractivity contribution in [1.29, 1.82) is 0 Å². The van der Waals surface area contributed by atoms with Gasteiger partial charge in [-0.1, -0.05) is 23.2 Å². The van der Waals surface area contributed by atoms with Gasteiger partial charge in [0, 0.05) is 5.02 Å². The van der Waals surface area contributed by atoms with Crippen molar-refractivity contribution in [2.24, 2.45) is 49.4 Å². The van der Waals surface area contributed by atoms with Crippen molar-refractivity contribution >= 4 is 70.0 Å². The van der Waals surface area contributed by atoms with Crippen LogP contribution in [0, 0.1) is 0 Å². The van der Waals surface area contributed by atoms with Crippen LogP contribution in [0.3, 0.4) is 0 Å². The van der Waals surface area contributed by atoms with Gasteiger partial charge in [0.05, 0.1) is 16.9 Å². The summed E-state index contributed by atoms with van der Waals surface area (Å²) in [6.45, 7) is 0. The number of guanidine groups is 3. The number of hydrogen-bond donors (Lipinski definition) is 8. The SMILES string of the molecule is NC(N)=NC(=O)c1nc(Cl)c(N)nc1N.NC(N)=Nc1ccc(C(F)(F)F)cc1.NC(N)=Nc1ccc(Cl)cc1. The van der Waals surface area contributed by atoms with E-state index < -0.39 is 23.6 Å². The summed E-state index contributed by atoms with van der Waals surface area (Å²) < 4.78 is 36.3. The Balaban J connectivity index is 0.000000304. The number of carbonyl (C=O) groups excluding carboxylic acids is 1. The number of aliphatic imine (C=N–C) groups is 3. The summed E-state index contributed by atoms with van der Waals surface area (Å²) in [5, 5.41) is 0.526. The highest BCUT2D eigenvalue weighted by Gasteiger charge is 2.29. The largest absolute Gasteiger partial charge is 0.416 e. The van der Waals surface area contributed by atoms with Gasteiger partial charge in [-0.3, -0.25) is 4.79 Å². The van der Waals surface area contributed by atoms with Crippen LogP contribution in [0.5, 0.6) is 0 Å². The van der Waals surface area contributed by atoms with Crippen molar-refractivity contribution in [1.82, 2.24) is 9.97 Å². The molecule has 0 bridgehead atoms. The molecule has 0 aliphatic carbocycles. The van der Waals surface area contributed by atoms with Crippen LogP contribution in [0.2, 0.25) is 10.2 Å². The maximum Gasteiger partial charge on any atom is 0.416 e. The quantitative estimate of drug-likeness (QED) is 0.157. The van der Waals surface area contributed by atoms with Crippen LogP contribution in [0.1, 0.15) is 16.1 Å². The van der Waals surface area contributed by atoms with Gasteiger partial charge in [0.1, 0.15) is 0 Å². The molecule has 0 radical (unpaired) electrons. The zero-order chi connectivity index (χ0) is 30.6. The first kappa shape index (κ1) is 33.0. The summed E-state index contributed by atoms with van der Waals surface area (Å²) in [6.07, 6.45) is -4.34. The number of nitrogen functional groups attached to an aromatic ring is 2. The number of hydrogen-bond acceptors (Lipinski definition) is 7. The molecule has 14 nitrogen and oxygen atoms in total. The van der Waals surface area contributed by atoms with Gasteiger partial charge in [0.15, 0.2) is 40.4 Å². The molecule has 0 fully saturated rings.